The number of primary sulfonamides is 1. The molecule has 0 spiro atoms. The monoisotopic (exact) mass is 387 g/mol. The van der Waals surface area contributed by atoms with Crippen LogP contribution >= 0.6 is 0 Å². The predicted octanol–water partition coefficient (Wildman–Crippen LogP) is 2.43. The lowest BCUT2D eigenvalue weighted by Gasteiger charge is -2.30. The average Bonchev–Trinajstić information content (AvgIpc) is 2.67. The smallest absolute Gasteiger partial charge is 0.238 e. The largest absolute Gasteiger partial charge is 0.367 e. The van der Waals surface area contributed by atoms with Crippen LogP contribution in [0.25, 0.3) is 0 Å². The van der Waals surface area contributed by atoms with Crippen molar-refractivity contribution in [2.45, 2.75) is 56.0 Å². The van der Waals surface area contributed by atoms with Gasteiger partial charge in [-0.25, -0.2) is 23.5 Å². The maximum atomic E-state index is 11.6. The summed E-state index contributed by atoms with van der Waals surface area (Å²) in [6, 6.07) is 7.60. The first-order chi connectivity index (χ1) is 13.0. The van der Waals surface area contributed by atoms with Crippen LogP contribution in [0.5, 0.6) is 0 Å². The van der Waals surface area contributed by atoms with E-state index >= 15 is 0 Å². The Morgan fingerprint density at radius 3 is 2.67 bits per heavy atom. The van der Waals surface area contributed by atoms with Gasteiger partial charge in [-0.3, -0.25) is 0 Å². The third-order valence-corrected chi connectivity index (χ3v) is 6.36. The number of nitrogens with two attached hydrogens (primary N) is 1. The van der Waals surface area contributed by atoms with E-state index in [0.29, 0.717) is 12.6 Å². The molecule has 0 saturated heterocycles. The fraction of sp³-hybridized carbons (Fsp3) is 0.474. The summed E-state index contributed by atoms with van der Waals surface area (Å²) in [6.07, 6.45) is 8.67. The van der Waals surface area contributed by atoms with Crippen molar-refractivity contribution in [2.75, 3.05) is 16.8 Å². The number of anilines is 2. The van der Waals surface area contributed by atoms with E-state index in [9.17, 15) is 8.42 Å². The zero-order chi connectivity index (χ0) is 18.9. The number of hydrogen-bond donors (Lipinski definition) is 2. The van der Waals surface area contributed by atoms with Crippen LogP contribution < -0.4 is 15.4 Å². The number of rotatable bonds is 4. The molecule has 2 aromatic rings. The molecule has 8 heteroatoms. The number of nitrogens with one attached hydrogen (secondary N) is 1. The number of fused-ring (bicyclic) bond motifs is 1. The maximum absolute atomic E-state index is 11.6. The minimum Gasteiger partial charge on any atom is -0.367 e. The van der Waals surface area contributed by atoms with Gasteiger partial charge in [0, 0.05) is 25.2 Å². The van der Waals surface area contributed by atoms with Crippen LogP contribution in [0, 0.1) is 0 Å². The van der Waals surface area contributed by atoms with Gasteiger partial charge in [0.05, 0.1) is 4.90 Å². The molecule has 1 aromatic heterocycles. The van der Waals surface area contributed by atoms with Crippen molar-refractivity contribution in [1.82, 2.24) is 9.97 Å². The molecule has 1 aromatic carbocycles. The Kier molecular flexibility index (Phi) is 5.01. The van der Waals surface area contributed by atoms with E-state index < -0.39 is 10.0 Å². The number of hydrogen-bond acceptors (Lipinski definition) is 6. The van der Waals surface area contributed by atoms with Crippen molar-refractivity contribution in [3.05, 3.63) is 41.7 Å². The van der Waals surface area contributed by atoms with Crippen LogP contribution in [0.2, 0.25) is 0 Å². The van der Waals surface area contributed by atoms with Crippen molar-refractivity contribution in [3.8, 4) is 0 Å². The Bertz CT molecular complexity index is 925. The van der Waals surface area contributed by atoms with E-state index in [1.807, 2.05) is 12.1 Å². The predicted molar refractivity (Wildman–Crippen MR) is 105 cm³/mol. The van der Waals surface area contributed by atoms with Gasteiger partial charge >= 0.3 is 0 Å². The Labute approximate surface area is 160 Å². The SMILES string of the molecule is NS(=O)(=O)c1ccc2c(c1)CN(c1cc(NC3CCCCC3)ncn1)CC2. The minimum atomic E-state index is -3.70. The summed E-state index contributed by atoms with van der Waals surface area (Å²) < 4.78 is 23.3. The summed E-state index contributed by atoms with van der Waals surface area (Å²) in [5, 5.41) is 8.81. The summed E-state index contributed by atoms with van der Waals surface area (Å²) in [5.74, 6) is 1.71. The number of benzene rings is 1. The summed E-state index contributed by atoms with van der Waals surface area (Å²) in [6.45, 7) is 1.44. The fourth-order valence-electron chi connectivity index (χ4n) is 3.96. The van der Waals surface area contributed by atoms with Crippen LogP contribution in [0.1, 0.15) is 43.2 Å². The molecule has 0 amide bonds. The standard InChI is InChI=1S/C19H25N5O2S/c20-27(25,26)17-7-6-14-8-9-24(12-15(14)10-17)19-11-18(21-13-22-19)23-16-4-2-1-3-5-16/h6-7,10-11,13,16H,1-5,8-9,12H2,(H2,20,25,26)(H,21,22,23). The van der Waals surface area contributed by atoms with Crippen molar-refractivity contribution >= 4 is 21.7 Å². The molecule has 2 aliphatic rings. The first-order valence-electron chi connectivity index (χ1n) is 9.47. The Morgan fingerprint density at radius 1 is 1.07 bits per heavy atom. The highest BCUT2D eigenvalue weighted by Gasteiger charge is 2.21. The van der Waals surface area contributed by atoms with Gasteiger partial charge in [0.15, 0.2) is 0 Å². The van der Waals surface area contributed by atoms with Gasteiger partial charge in [-0.05, 0) is 42.5 Å². The van der Waals surface area contributed by atoms with Crippen LogP contribution in [0.4, 0.5) is 11.6 Å². The van der Waals surface area contributed by atoms with Crippen molar-refractivity contribution in [3.63, 3.8) is 0 Å². The third kappa shape index (κ3) is 4.22. The lowest BCUT2D eigenvalue weighted by Crippen LogP contribution is -2.31. The molecule has 1 saturated carbocycles. The highest BCUT2D eigenvalue weighted by Crippen LogP contribution is 2.27. The van der Waals surface area contributed by atoms with E-state index in [1.54, 1.807) is 18.5 Å². The van der Waals surface area contributed by atoms with Crippen LogP contribution in [0.15, 0.2) is 35.5 Å². The van der Waals surface area contributed by atoms with Gasteiger partial charge < -0.3 is 10.2 Å². The quantitative estimate of drug-likeness (QED) is 0.835. The van der Waals surface area contributed by atoms with Gasteiger partial charge in [-0.2, -0.15) is 0 Å². The molecule has 27 heavy (non-hydrogen) atoms. The molecule has 1 aliphatic heterocycles. The molecule has 1 fully saturated rings. The zero-order valence-corrected chi connectivity index (χ0v) is 16.1. The highest BCUT2D eigenvalue weighted by molar-refractivity contribution is 7.89. The van der Waals surface area contributed by atoms with Crippen molar-refractivity contribution < 1.29 is 8.42 Å². The Balaban J connectivity index is 1.52. The molecule has 0 atom stereocenters. The topological polar surface area (TPSA) is 101 Å². The average molecular weight is 388 g/mol. The molecule has 1 aliphatic carbocycles. The van der Waals surface area contributed by atoms with Gasteiger partial charge in [-0.1, -0.05) is 25.3 Å². The molecular weight excluding hydrogens is 362 g/mol. The molecule has 0 bridgehead atoms. The van der Waals surface area contributed by atoms with Gasteiger partial charge in [0.1, 0.15) is 18.0 Å². The van der Waals surface area contributed by atoms with Crippen LogP contribution in [-0.2, 0) is 23.0 Å². The molecule has 2 heterocycles. The zero-order valence-electron chi connectivity index (χ0n) is 15.3. The van der Waals surface area contributed by atoms with E-state index in [-0.39, 0.29) is 4.90 Å². The maximum Gasteiger partial charge on any atom is 0.238 e. The van der Waals surface area contributed by atoms with Crippen molar-refractivity contribution in [2.24, 2.45) is 5.14 Å². The number of sulfonamides is 1. The molecule has 7 nitrogen and oxygen atoms in total. The highest BCUT2D eigenvalue weighted by atomic mass is 32.2. The lowest BCUT2D eigenvalue weighted by atomic mass is 9.95. The Hall–Kier alpha value is -2.19. The molecule has 0 radical (unpaired) electrons. The minimum absolute atomic E-state index is 0.158. The third-order valence-electron chi connectivity index (χ3n) is 5.45. The van der Waals surface area contributed by atoms with E-state index in [1.165, 1.54) is 32.1 Å². The van der Waals surface area contributed by atoms with Gasteiger partial charge in [0.25, 0.3) is 0 Å². The lowest BCUT2D eigenvalue weighted by molar-refractivity contribution is 0.462. The number of aromatic nitrogens is 2. The molecule has 3 N–H and O–H groups in total. The molecule has 4 rings (SSSR count). The molecule has 144 valence electrons. The fourth-order valence-corrected chi connectivity index (χ4v) is 4.53. The first-order valence-corrected chi connectivity index (χ1v) is 11.0. The van der Waals surface area contributed by atoms with Crippen LogP contribution in [-0.4, -0.2) is 31.0 Å². The van der Waals surface area contributed by atoms with E-state index in [2.05, 4.69) is 20.2 Å². The second-order valence-corrected chi connectivity index (χ2v) is 8.95. The second kappa shape index (κ2) is 7.44. The normalized spacial score (nSPS) is 18.2. The first kappa shape index (κ1) is 18.2. The summed E-state index contributed by atoms with van der Waals surface area (Å²) in [7, 11) is -3.70. The summed E-state index contributed by atoms with van der Waals surface area (Å²) in [5.41, 5.74) is 2.14. The summed E-state index contributed by atoms with van der Waals surface area (Å²) in [4.78, 5) is 11.1. The van der Waals surface area contributed by atoms with E-state index in [0.717, 1.165) is 35.7 Å². The van der Waals surface area contributed by atoms with E-state index in [4.69, 9.17) is 5.14 Å². The number of nitrogens with zero attached hydrogens (tertiary/aromatic N) is 3. The Morgan fingerprint density at radius 2 is 1.89 bits per heavy atom. The van der Waals surface area contributed by atoms with Gasteiger partial charge in [0.2, 0.25) is 10.0 Å². The second-order valence-electron chi connectivity index (χ2n) is 7.39. The van der Waals surface area contributed by atoms with Gasteiger partial charge in [-0.15, -0.1) is 0 Å². The molecular formula is C19H25N5O2S. The summed E-state index contributed by atoms with van der Waals surface area (Å²) >= 11 is 0. The van der Waals surface area contributed by atoms with Crippen LogP contribution in [0.3, 0.4) is 0 Å². The molecule has 0 unspecified atom stereocenters. The van der Waals surface area contributed by atoms with Crippen molar-refractivity contribution in [1.29, 1.82) is 0 Å².